The highest BCUT2D eigenvalue weighted by Crippen LogP contribution is 2.39. The first-order valence-electron chi connectivity index (χ1n) is 4.22. The minimum absolute atomic E-state index is 0.140. The van der Waals surface area contributed by atoms with E-state index in [2.05, 4.69) is 5.73 Å². The molecule has 96 valence electrons. The number of hydrogen-bond acceptors (Lipinski definition) is 1. The van der Waals surface area contributed by atoms with Crippen molar-refractivity contribution in [3.63, 3.8) is 0 Å². The number of hydrogen-bond donors (Lipinski definition) is 1. The van der Waals surface area contributed by atoms with E-state index in [4.69, 9.17) is 0 Å². The number of halogens is 7. The number of rotatable bonds is 1. The molecule has 0 aliphatic heterocycles. The topological polar surface area (TPSA) is 26.0 Å². The SMILES string of the molecule is NC(c1cc(F)ccc1C(F)(F)F)C(F)(F)F. The van der Waals surface area contributed by atoms with Crippen LogP contribution in [0.1, 0.15) is 17.2 Å². The van der Waals surface area contributed by atoms with Crippen molar-refractivity contribution >= 4 is 0 Å². The molecule has 1 rings (SSSR count). The van der Waals surface area contributed by atoms with Crippen LogP contribution < -0.4 is 5.73 Å². The molecule has 1 aromatic carbocycles. The van der Waals surface area contributed by atoms with E-state index in [-0.39, 0.29) is 12.1 Å². The van der Waals surface area contributed by atoms with Gasteiger partial charge in [-0.05, 0) is 23.8 Å². The first kappa shape index (κ1) is 13.8. The first-order valence-corrected chi connectivity index (χ1v) is 4.22. The molecule has 0 saturated carbocycles. The van der Waals surface area contributed by atoms with Crippen LogP contribution in [0.15, 0.2) is 18.2 Å². The molecule has 17 heavy (non-hydrogen) atoms. The van der Waals surface area contributed by atoms with Gasteiger partial charge in [-0.2, -0.15) is 26.3 Å². The molecule has 0 radical (unpaired) electrons. The normalized spacial score (nSPS) is 14.8. The van der Waals surface area contributed by atoms with Gasteiger partial charge >= 0.3 is 12.4 Å². The molecule has 1 unspecified atom stereocenters. The maximum Gasteiger partial charge on any atom is 0.416 e. The predicted molar refractivity (Wildman–Crippen MR) is 44.4 cm³/mol. The molecule has 1 atom stereocenters. The van der Waals surface area contributed by atoms with Gasteiger partial charge in [-0.25, -0.2) is 4.39 Å². The van der Waals surface area contributed by atoms with Crippen LogP contribution in [0, 0.1) is 5.82 Å². The summed E-state index contributed by atoms with van der Waals surface area (Å²) in [6.07, 6.45) is -10.1. The third kappa shape index (κ3) is 3.09. The fourth-order valence-corrected chi connectivity index (χ4v) is 1.23. The molecule has 0 heterocycles. The largest absolute Gasteiger partial charge is 0.416 e. The third-order valence-electron chi connectivity index (χ3n) is 2.01. The Morgan fingerprint density at radius 3 is 1.94 bits per heavy atom. The van der Waals surface area contributed by atoms with Gasteiger partial charge < -0.3 is 5.73 Å². The summed E-state index contributed by atoms with van der Waals surface area (Å²) in [6, 6.07) is -2.08. The molecule has 0 amide bonds. The molecule has 2 N–H and O–H groups in total. The van der Waals surface area contributed by atoms with Crippen molar-refractivity contribution in [2.45, 2.75) is 18.4 Å². The van der Waals surface area contributed by atoms with Crippen molar-refractivity contribution < 1.29 is 30.7 Å². The lowest BCUT2D eigenvalue weighted by atomic mass is 10.00. The monoisotopic (exact) mass is 261 g/mol. The molecule has 0 fully saturated rings. The second-order valence-corrected chi connectivity index (χ2v) is 3.25. The number of alkyl halides is 6. The lowest BCUT2D eigenvalue weighted by Gasteiger charge is -2.20. The molecule has 8 heteroatoms. The van der Waals surface area contributed by atoms with Crippen molar-refractivity contribution in [2.75, 3.05) is 0 Å². The van der Waals surface area contributed by atoms with E-state index >= 15 is 0 Å². The molecule has 0 bridgehead atoms. The van der Waals surface area contributed by atoms with E-state index in [1.807, 2.05) is 0 Å². The highest BCUT2D eigenvalue weighted by molar-refractivity contribution is 5.33. The number of benzene rings is 1. The van der Waals surface area contributed by atoms with Gasteiger partial charge in [-0.1, -0.05) is 0 Å². The second-order valence-electron chi connectivity index (χ2n) is 3.25. The smallest absolute Gasteiger partial charge is 0.316 e. The zero-order valence-corrected chi connectivity index (χ0v) is 8.03. The summed E-state index contributed by atoms with van der Waals surface area (Å²) in [6.45, 7) is 0. The summed E-state index contributed by atoms with van der Waals surface area (Å²) in [7, 11) is 0. The zero-order valence-electron chi connectivity index (χ0n) is 8.03. The van der Waals surface area contributed by atoms with Crippen molar-refractivity contribution in [3.8, 4) is 0 Å². The molecular weight excluding hydrogens is 255 g/mol. The Labute approximate surface area is 91.0 Å². The maximum atomic E-state index is 12.7. The fraction of sp³-hybridized carbons (Fsp3) is 0.333. The first-order chi connectivity index (χ1) is 7.53. The molecular formula is C9H6F7N. The average molecular weight is 261 g/mol. The Morgan fingerprint density at radius 2 is 1.53 bits per heavy atom. The Hall–Kier alpha value is -1.31. The van der Waals surface area contributed by atoms with Crippen LogP contribution in [0.2, 0.25) is 0 Å². The Balaban J connectivity index is 3.35. The van der Waals surface area contributed by atoms with Crippen LogP contribution in [-0.2, 0) is 6.18 Å². The Morgan fingerprint density at radius 1 is 1.00 bits per heavy atom. The Bertz CT molecular complexity index is 407. The van der Waals surface area contributed by atoms with Gasteiger partial charge in [0.15, 0.2) is 0 Å². The van der Waals surface area contributed by atoms with Gasteiger partial charge in [0, 0.05) is 0 Å². The highest BCUT2D eigenvalue weighted by atomic mass is 19.4. The minimum atomic E-state index is -5.08. The van der Waals surface area contributed by atoms with Crippen LogP contribution in [-0.4, -0.2) is 6.18 Å². The lowest BCUT2D eigenvalue weighted by Crippen LogP contribution is -2.30. The minimum Gasteiger partial charge on any atom is -0.316 e. The average Bonchev–Trinajstić information content (AvgIpc) is 2.13. The van der Waals surface area contributed by atoms with Crippen LogP contribution in [0.3, 0.4) is 0 Å². The summed E-state index contributed by atoms with van der Waals surface area (Å²) < 4.78 is 86.5. The van der Waals surface area contributed by atoms with Crippen LogP contribution in [0.25, 0.3) is 0 Å². The summed E-state index contributed by atoms with van der Waals surface area (Å²) >= 11 is 0. The van der Waals surface area contributed by atoms with Crippen molar-refractivity contribution in [2.24, 2.45) is 5.73 Å². The standard InChI is InChI=1S/C9H6F7N/c10-4-1-2-6(8(11,12)13)5(3-4)7(17)9(14,15)16/h1-3,7H,17H2. The zero-order chi connectivity index (χ0) is 13.4. The molecule has 1 nitrogen and oxygen atoms in total. The molecule has 0 aromatic heterocycles. The van der Waals surface area contributed by atoms with Gasteiger partial charge in [0.1, 0.15) is 11.9 Å². The quantitative estimate of drug-likeness (QED) is 0.770. The van der Waals surface area contributed by atoms with Crippen molar-refractivity contribution in [3.05, 3.63) is 35.1 Å². The van der Waals surface area contributed by atoms with E-state index in [0.29, 0.717) is 6.07 Å². The van der Waals surface area contributed by atoms with Gasteiger partial charge in [0.05, 0.1) is 5.56 Å². The summed E-state index contributed by atoms with van der Waals surface area (Å²) in [5.41, 5.74) is 1.72. The van der Waals surface area contributed by atoms with Gasteiger partial charge in [0.2, 0.25) is 0 Å². The van der Waals surface area contributed by atoms with Crippen molar-refractivity contribution in [1.29, 1.82) is 0 Å². The van der Waals surface area contributed by atoms with E-state index in [0.717, 1.165) is 0 Å². The van der Waals surface area contributed by atoms with Crippen LogP contribution in [0.5, 0.6) is 0 Å². The predicted octanol–water partition coefficient (Wildman–Crippen LogP) is 3.41. The fourth-order valence-electron chi connectivity index (χ4n) is 1.23. The van der Waals surface area contributed by atoms with E-state index in [1.165, 1.54) is 0 Å². The second kappa shape index (κ2) is 4.17. The van der Waals surface area contributed by atoms with Crippen LogP contribution >= 0.6 is 0 Å². The highest BCUT2D eigenvalue weighted by Gasteiger charge is 2.43. The van der Waals surface area contributed by atoms with E-state index in [9.17, 15) is 30.7 Å². The molecule has 0 aliphatic carbocycles. The van der Waals surface area contributed by atoms with Crippen molar-refractivity contribution in [1.82, 2.24) is 0 Å². The third-order valence-corrected chi connectivity index (χ3v) is 2.01. The molecule has 0 spiro atoms. The Kier molecular flexibility index (Phi) is 3.37. The van der Waals surface area contributed by atoms with E-state index in [1.54, 1.807) is 0 Å². The van der Waals surface area contributed by atoms with Gasteiger partial charge in [0.25, 0.3) is 0 Å². The molecule has 1 aromatic rings. The number of nitrogens with two attached hydrogens (primary N) is 1. The summed E-state index contributed by atoms with van der Waals surface area (Å²) in [5.74, 6) is -1.22. The molecule has 0 saturated heterocycles. The molecule has 0 aliphatic rings. The van der Waals surface area contributed by atoms with E-state index < -0.39 is 35.3 Å². The maximum absolute atomic E-state index is 12.7. The summed E-state index contributed by atoms with van der Waals surface area (Å²) in [5, 5.41) is 0. The van der Waals surface area contributed by atoms with Crippen LogP contribution in [0.4, 0.5) is 30.7 Å². The lowest BCUT2D eigenvalue weighted by molar-refractivity contribution is -0.155. The van der Waals surface area contributed by atoms with Gasteiger partial charge in [-0.15, -0.1) is 0 Å². The summed E-state index contributed by atoms with van der Waals surface area (Å²) in [4.78, 5) is 0. The van der Waals surface area contributed by atoms with Gasteiger partial charge in [-0.3, -0.25) is 0 Å².